The average molecular weight is 238 g/mol. The maximum atomic E-state index is 12.0. The Morgan fingerprint density at radius 3 is 2.56 bits per heavy atom. The van der Waals surface area contributed by atoms with Crippen LogP contribution in [-0.2, 0) is 6.42 Å². The van der Waals surface area contributed by atoms with Crippen LogP contribution in [0.15, 0.2) is 54.6 Å². The lowest BCUT2D eigenvalue weighted by Crippen LogP contribution is -2.28. The van der Waals surface area contributed by atoms with Crippen LogP contribution < -0.4 is 4.74 Å². The van der Waals surface area contributed by atoms with Crippen LogP contribution >= 0.6 is 0 Å². The van der Waals surface area contributed by atoms with Gasteiger partial charge in [-0.15, -0.1) is 0 Å². The van der Waals surface area contributed by atoms with Crippen LogP contribution in [0.4, 0.5) is 0 Å². The summed E-state index contributed by atoms with van der Waals surface area (Å²) in [5.74, 6) is 0.896. The van der Waals surface area contributed by atoms with Crippen LogP contribution in [0.2, 0.25) is 0 Å². The average Bonchev–Trinajstić information content (AvgIpc) is 2.40. The van der Waals surface area contributed by atoms with Crippen LogP contribution in [0.1, 0.15) is 22.3 Å². The molecule has 2 aromatic carbocycles. The Balaban J connectivity index is 1.80. The van der Waals surface area contributed by atoms with Gasteiger partial charge in [0.25, 0.3) is 0 Å². The van der Waals surface area contributed by atoms with Crippen LogP contribution in [0.3, 0.4) is 0 Å². The number of benzene rings is 2. The van der Waals surface area contributed by atoms with Gasteiger partial charge in [-0.2, -0.15) is 0 Å². The number of ketones is 1. The number of para-hydroxylation sites is 1. The van der Waals surface area contributed by atoms with Gasteiger partial charge < -0.3 is 4.74 Å². The third-order valence-electron chi connectivity index (χ3n) is 3.20. The Bertz CT molecular complexity index is 560. The highest BCUT2D eigenvalue weighted by atomic mass is 16.5. The van der Waals surface area contributed by atoms with Crippen molar-refractivity contribution >= 4 is 5.78 Å². The number of rotatable bonds is 2. The Morgan fingerprint density at radius 1 is 1.00 bits per heavy atom. The molecule has 0 radical (unpaired) electrons. The molecule has 0 N–H and O–H groups in total. The molecule has 1 aliphatic heterocycles. The minimum atomic E-state index is -0.0465. The van der Waals surface area contributed by atoms with Crippen molar-refractivity contribution in [3.05, 3.63) is 65.7 Å². The molecular formula is C16H14O2. The molecule has 2 aromatic rings. The predicted octanol–water partition coefficient (Wildman–Crippen LogP) is 3.26. The molecule has 2 heteroatoms. The fourth-order valence-electron chi connectivity index (χ4n) is 2.33. The van der Waals surface area contributed by atoms with Gasteiger partial charge in [-0.25, -0.2) is 0 Å². The third kappa shape index (κ3) is 2.14. The van der Waals surface area contributed by atoms with Crippen molar-refractivity contribution in [2.45, 2.75) is 18.9 Å². The highest BCUT2D eigenvalue weighted by molar-refractivity contribution is 5.99. The molecule has 0 saturated heterocycles. The van der Waals surface area contributed by atoms with E-state index in [1.165, 1.54) is 5.56 Å². The number of hydrogen-bond donors (Lipinski definition) is 0. The zero-order chi connectivity index (χ0) is 12.4. The highest BCUT2D eigenvalue weighted by Crippen LogP contribution is 2.28. The molecule has 1 aliphatic rings. The van der Waals surface area contributed by atoms with E-state index in [-0.39, 0.29) is 11.9 Å². The van der Waals surface area contributed by atoms with Gasteiger partial charge in [0.05, 0.1) is 5.56 Å². The van der Waals surface area contributed by atoms with Gasteiger partial charge in [0.15, 0.2) is 5.78 Å². The summed E-state index contributed by atoms with van der Waals surface area (Å²) in [5.41, 5.74) is 1.91. The fourth-order valence-corrected chi connectivity index (χ4v) is 2.33. The summed E-state index contributed by atoms with van der Waals surface area (Å²) in [4.78, 5) is 12.0. The minimum absolute atomic E-state index is 0.0465. The van der Waals surface area contributed by atoms with Crippen molar-refractivity contribution in [1.82, 2.24) is 0 Å². The Kier molecular flexibility index (Phi) is 2.85. The maximum absolute atomic E-state index is 12.0. The van der Waals surface area contributed by atoms with E-state index in [0.717, 1.165) is 12.2 Å². The number of fused-ring (bicyclic) bond motifs is 1. The van der Waals surface area contributed by atoms with Gasteiger partial charge in [0.2, 0.25) is 0 Å². The predicted molar refractivity (Wildman–Crippen MR) is 70.0 cm³/mol. The van der Waals surface area contributed by atoms with E-state index in [4.69, 9.17) is 4.74 Å². The van der Waals surface area contributed by atoms with Crippen molar-refractivity contribution in [3.63, 3.8) is 0 Å². The molecule has 1 heterocycles. The van der Waals surface area contributed by atoms with Crippen molar-refractivity contribution < 1.29 is 9.53 Å². The second-order valence-electron chi connectivity index (χ2n) is 4.55. The number of Topliss-reactive ketones (excluding diaryl/α,β-unsaturated/α-hetero) is 1. The molecule has 18 heavy (non-hydrogen) atoms. The van der Waals surface area contributed by atoms with Gasteiger partial charge in [-0.05, 0) is 17.7 Å². The first-order chi connectivity index (χ1) is 8.83. The molecule has 0 saturated carbocycles. The lowest BCUT2D eigenvalue weighted by Gasteiger charge is -2.25. The zero-order valence-corrected chi connectivity index (χ0v) is 10.0. The topological polar surface area (TPSA) is 26.3 Å². The second kappa shape index (κ2) is 4.65. The second-order valence-corrected chi connectivity index (χ2v) is 4.55. The van der Waals surface area contributed by atoms with Crippen molar-refractivity contribution in [3.8, 4) is 5.75 Å². The molecule has 3 rings (SSSR count). The summed E-state index contributed by atoms with van der Waals surface area (Å²) in [7, 11) is 0. The molecule has 0 fully saturated rings. The molecule has 0 amide bonds. The quantitative estimate of drug-likeness (QED) is 0.802. The van der Waals surface area contributed by atoms with E-state index >= 15 is 0 Å². The molecular weight excluding hydrogens is 224 g/mol. The first-order valence-corrected chi connectivity index (χ1v) is 6.16. The first kappa shape index (κ1) is 11.0. The van der Waals surface area contributed by atoms with Crippen LogP contribution in [0.25, 0.3) is 0 Å². The minimum Gasteiger partial charge on any atom is -0.489 e. The molecule has 0 aliphatic carbocycles. The Hall–Kier alpha value is -2.09. The molecule has 1 unspecified atom stereocenters. The van der Waals surface area contributed by atoms with Gasteiger partial charge in [0, 0.05) is 12.8 Å². The summed E-state index contributed by atoms with van der Waals surface area (Å²) in [6, 6.07) is 17.6. The lowest BCUT2D eigenvalue weighted by molar-refractivity contribution is 0.0851. The van der Waals surface area contributed by atoms with E-state index in [1.54, 1.807) is 0 Å². The summed E-state index contributed by atoms with van der Waals surface area (Å²) >= 11 is 0. The summed E-state index contributed by atoms with van der Waals surface area (Å²) < 4.78 is 5.89. The molecule has 90 valence electrons. The standard InChI is InChI=1S/C16H14O2/c17-15-11-13(10-12-6-2-1-3-7-12)18-16-9-5-4-8-14(15)16/h1-9,13H,10-11H2. The van der Waals surface area contributed by atoms with Crippen molar-refractivity contribution in [2.75, 3.05) is 0 Å². The lowest BCUT2D eigenvalue weighted by atomic mass is 9.97. The van der Waals surface area contributed by atoms with E-state index in [1.807, 2.05) is 42.5 Å². The van der Waals surface area contributed by atoms with Gasteiger partial charge in [-0.1, -0.05) is 42.5 Å². The first-order valence-electron chi connectivity index (χ1n) is 6.16. The van der Waals surface area contributed by atoms with Crippen LogP contribution in [-0.4, -0.2) is 11.9 Å². The van der Waals surface area contributed by atoms with Crippen LogP contribution in [0, 0.1) is 0 Å². The molecule has 2 nitrogen and oxygen atoms in total. The fraction of sp³-hybridized carbons (Fsp3) is 0.188. The summed E-state index contributed by atoms with van der Waals surface area (Å²) in [5, 5.41) is 0. The third-order valence-corrected chi connectivity index (χ3v) is 3.20. The van der Waals surface area contributed by atoms with E-state index in [0.29, 0.717) is 12.0 Å². The highest BCUT2D eigenvalue weighted by Gasteiger charge is 2.25. The number of carbonyl (C=O) groups is 1. The van der Waals surface area contributed by atoms with Crippen LogP contribution in [0.5, 0.6) is 5.75 Å². The van der Waals surface area contributed by atoms with E-state index in [2.05, 4.69) is 12.1 Å². The van der Waals surface area contributed by atoms with Crippen molar-refractivity contribution in [2.24, 2.45) is 0 Å². The number of carbonyl (C=O) groups excluding carboxylic acids is 1. The smallest absolute Gasteiger partial charge is 0.170 e. The summed E-state index contributed by atoms with van der Waals surface area (Å²) in [6.07, 6.45) is 1.20. The maximum Gasteiger partial charge on any atom is 0.170 e. The van der Waals surface area contributed by atoms with E-state index in [9.17, 15) is 4.79 Å². The largest absolute Gasteiger partial charge is 0.489 e. The van der Waals surface area contributed by atoms with Gasteiger partial charge in [-0.3, -0.25) is 4.79 Å². The molecule has 0 bridgehead atoms. The summed E-state index contributed by atoms with van der Waals surface area (Å²) in [6.45, 7) is 0. The Morgan fingerprint density at radius 2 is 1.72 bits per heavy atom. The SMILES string of the molecule is O=C1CC(Cc2ccccc2)Oc2ccccc21. The van der Waals surface area contributed by atoms with E-state index < -0.39 is 0 Å². The van der Waals surface area contributed by atoms with Gasteiger partial charge in [0.1, 0.15) is 11.9 Å². The Labute approximate surface area is 106 Å². The molecule has 0 aromatic heterocycles. The van der Waals surface area contributed by atoms with Crippen molar-refractivity contribution in [1.29, 1.82) is 0 Å². The zero-order valence-electron chi connectivity index (χ0n) is 10.0. The monoisotopic (exact) mass is 238 g/mol. The number of hydrogen-bond acceptors (Lipinski definition) is 2. The number of ether oxygens (including phenoxy) is 1. The molecule has 1 atom stereocenters. The normalized spacial score (nSPS) is 18.0. The van der Waals surface area contributed by atoms with Gasteiger partial charge >= 0.3 is 0 Å². The molecule has 0 spiro atoms.